The van der Waals surface area contributed by atoms with Crippen molar-refractivity contribution in [2.24, 2.45) is 5.92 Å². The van der Waals surface area contributed by atoms with E-state index in [4.69, 9.17) is 4.74 Å². The van der Waals surface area contributed by atoms with Gasteiger partial charge in [-0.15, -0.1) is 0 Å². The van der Waals surface area contributed by atoms with Gasteiger partial charge in [-0.1, -0.05) is 17.8 Å². The number of ketones is 1. The van der Waals surface area contributed by atoms with Gasteiger partial charge < -0.3 is 9.84 Å². The van der Waals surface area contributed by atoms with Crippen molar-refractivity contribution in [2.45, 2.75) is 32.6 Å². The minimum atomic E-state index is -0.216. The number of phenols is 1. The molecule has 120 valence electrons. The first-order valence-electron chi connectivity index (χ1n) is 7.62. The second-order valence-electron chi connectivity index (χ2n) is 5.67. The van der Waals surface area contributed by atoms with Crippen molar-refractivity contribution >= 4 is 22.7 Å². The number of rotatable bonds is 5. The Morgan fingerprint density at radius 2 is 2.14 bits per heavy atom. The molecule has 1 heterocycles. The van der Waals surface area contributed by atoms with Crippen LogP contribution in [0.5, 0.6) is 5.75 Å². The molecule has 5 heteroatoms. The summed E-state index contributed by atoms with van der Waals surface area (Å²) < 4.78 is 5.46. The molecule has 0 saturated carbocycles. The van der Waals surface area contributed by atoms with Crippen LogP contribution in [0, 0.1) is 5.92 Å². The first kappa shape index (κ1) is 17.0. The maximum Gasteiger partial charge on any atom is 0.186 e. The summed E-state index contributed by atoms with van der Waals surface area (Å²) >= 11 is 0.964. The number of hydrogen-bond donors (Lipinski definition) is 1. The molecule has 1 aliphatic rings. The highest BCUT2D eigenvalue weighted by molar-refractivity contribution is 8.14. The predicted molar refractivity (Wildman–Crippen MR) is 87.4 cm³/mol. The largest absolute Gasteiger partial charge is 0.507 e. The summed E-state index contributed by atoms with van der Waals surface area (Å²) in [5.41, 5.74) is 1.34. The summed E-state index contributed by atoms with van der Waals surface area (Å²) in [6.45, 7) is 3.07. The topological polar surface area (TPSA) is 63.6 Å². The second-order valence-corrected chi connectivity index (χ2v) is 6.82. The highest BCUT2D eigenvalue weighted by atomic mass is 32.2. The Morgan fingerprint density at radius 1 is 1.32 bits per heavy atom. The lowest BCUT2D eigenvalue weighted by Crippen LogP contribution is -2.07. The lowest BCUT2D eigenvalue weighted by atomic mass is 9.92. The minimum absolute atomic E-state index is 0.0107. The molecule has 4 nitrogen and oxygen atoms in total. The van der Waals surface area contributed by atoms with E-state index in [0.29, 0.717) is 11.5 Å². The van der Waals surface area contributed by atoms with Crippen molar-refractivity contribution in [1.82, 2.24) is 0 Å². The average molecular weight is 322 g/mol. The zero-order chi connectivity index (χ0) is 15.9. The maximum absolute atomic E-state index is 12.0. The number of carbonyl (C=O) groups excluding carboxylic acids is 2. The number of benzene rings is 1. The second kappa shape index (κ2) is 8.34. The van der Waals surface area contributed by atoms with Gasteiger partial charge in [-0.25, -0.2) is 0 Å². The fourth-order valence-corrected chi connectivity index (χ4v) is 3.18. The number of carbonyl (C=O) groups is 2. The van der Waals surface area contributed by atoms with Gasteiger partial charge in [-0.3, -0.25) is 9.59 Å². The summed E-state index contributed by atoms with van der Waals surface area (Å²) in [5, 5.41) is 9.98. The van der Waals surface area contributed by atoms with E-state index in [9.17, 15) is 14.7 Å². The monoisotopic (exact) mass is 322 g/mol. The molecule has 1 saturated heterocycles. The van der Waals surface area contributed by atoms with Crippen molar-refractivity contribution in [3.63, 3.8) is 0 Å². The smallest absolute Gasteiger partial charge is 0.186 e. The molecule has 1 unspecified atom stereocenters. The molecule has 1 aliphatic heterocycles. The summed E-state index contributed by atoms with van der Waals surface area (Å²) in [6, 6.07) is 5.25. The first-order chi connectivity index (χ1) is 10.6. The van der Waals surface area contributed by atoms with E-state index in [-0.39, 0.29) is 22.4 Å². The first-order valence-corrected chi connectivity index (χ1v) is 8.61. The van der Waals surface area contributed by atoms with Crippen molar-refractivity contribution in [3.05, 3.63) is 29.3 Å². The van der Waals surface area contributed by atoms with Gasteiger partial charge in [0.1, 0.15) is 5.75 Å². The zero-order valence-corrected chi connectivity index (χ0v) is 13.7. The van der Waals surface area contributed by atoms with Crippen LogP contribution in [0.3, 0.4) is 0 Å². The third kappa shape index (κ3) is 5.14. The number of phenolic OH excluding ortho intramolecular Hbond substituents is 1. The highest BCUT2D eigenvalue weighted by Crippen LogP contribution is 2.25. The van der Waals surface area contributed by atoms with E-state index in [1.165, 1.54) is 6.92 Å². The standard InChI is InChI=1S/C17H22O4S/c1-12(18)22-11-17(20)15-5-4-14(10-16(15)19)9-13-3-2-7-21-8-6-13/h4-5,10,13,19H,2-3,6-9,11H2,1H3. The molecule has 0 spiro atoms. The molecule has 1 aromatic carbocycles. The highest BCUT2D eigenvalue weighted by Gasteiger charge is 2.16. The van der Waals surface area contributed by atoms with Crippen LogP contribution in [0.1, 0.15) is 42.1 Å². The molecule has 0 aromatic heterocycles. The summed E-state index contributed by atoms with van der Waals surface area (Å²) in [5.74, 6) is 0.433. The van der Waals surface area contributed by atoms with E-state index >= 15 is 0 Å². The van der Waals surface area contributed by atoms with E-state index in [1.54, 1.807) is 12.1 Å². The zero-order valence-electron chi connectivity index (χ0n) is 12.8. The maximum atomic E-state index is 12.0. The predicted octanol–water partition coefficient (Wildman–Crippen LogP) is 3.21. The van der Waals surface area contributed by atoms with Crippen LogP contribution in [-0.2, 0) is 16.0 Å². The van der Waals surface area contributed by atoms with Crippen LogP contribution in [0.4, 0.5) is 0 Å². The molecule has 1 atom stereocenters. The van der Waals surface area contributed by atoms with Crippen molar-refractivity contribution < 1.29 is 19.4 Å². The van der Waals surface area contributed by atoms with Crippen LogP contribution in [0.2, 0.25) is 0 Å². The summed E-state index contributed by atoms with van der Waals surface area (Å²) in [7, 11) is 0. The van der Waals surface area contributed by atoms with Crippen LogP contribution >= 0.6 is 11.8 Å². The van der Waals surface area contributed by atoms with Crippen molar-refractivity contribution in [3.8, 4) is 5.75 Å². The molecule has 0 bridgehead atoms. The van der Waals surface area contributed by atoms with Gasteiger partial charge in [0.05, 0.1) is 11.3 Å². The van der Waals surface area contributed by atoms with Crippen LogP contribution in [0.25, 0.3) is 0 Å². The van der Waals surface area contributed by atoms with E-state index in [0.717, 1.165) is 56.2 Å². The molecular weight excluding hydrogens is 300 g/mol. The van der Waals surface area contributed by atoms with Crippen LogP contribution < -0.4 is 0 Å². The van der Waals surface area contributed by atoms with Gasteiger partial charge >= 0.3 is 0 Å². The van der Waals surface area contributed by atoms with E-state index in [2.05, 4.69) is 0 Å². The Balaban J connectivity index is 1.99. The minimum Gasteiger partial charge on any atom is -0.507 e. The van der Waals surface area contributed by atoms with E-state index in [1.807, 2.05) is 6.07 Å². The molecule has 0 amide bonds. The average Bonchev–Trinajstić information content (AvgIpc) is 2.73. The Bertz CT molecular complexity index is 533. The molecule has 0 aliphatic carbocycles. The van der Waals surface area contributed by atoms with Crippen molar-refractivity contribution in [2.75, 3.05) is 19.0 Å². The number of aromatic hydroxyl groups is 1. The molecule has 1 fully saturated rings. The van der Waals surface area contributed by atoms with E-state index < -0.39 is 0 Å². The van der Waals surface area contributed by atoms with Gasteiger partial charge in [-0.05, 0) is 49.3 Å². The molecule has 22 heavy (non-hydrogen) atoms. The molecule has 0 radical (unpaired) electrons. The third-order valence-corrected chi connectivity index (χ3v) is 4.68. The lowest BCUT2D eigenvalue weighted by Gasteiger charge is -2.14. The number of ether oxygens (including phenoxy) is 1. The number of hydrogen-bond acceptors (Lipinski definition) is 5. The molecular formula is C17H22O4S. The SMILES string of the molecule is CC(=O)SCC(=O)c1ccc(CC2CCCOCC2)cc1O. The number of thioether (sulfide) groups is 1. The van der Waals surface area contributed by atoms with Crippen molar-refractivity contribution in [1.29, 1.82) is 0 Å². The quantitative estimate of drug-likeness (QED) is 0.843. The Labute approximate surface area is 135 Å². The van der Waals surface area contributed by atoms with Crippen LogP contribution in [-0.4, -0.2) is 35.0 Å². The van der Waals surface area contributed by atoms with Crippen LogP contribution in [0.15, 0.2) is 18.2 Å². The lowest BCUT2D eigenvalue weighted by molar-refractivity contribution is -0.109. The van der Waals surface area contributed by atoms with Gasteiger partial charge in [0, 0.05) is 20.1 Å². The van der Waals surface area contributed by atoms with Gasteiger partial charge in [0.25, 0.3) is 0 Å². The van der Waals surface area contributed by atoms with Gasteiger partial charge in [-0.2, -0.15) is 0 Å². The molecule has 1 N–H and O–H groups in total. The molecule has 1 aromatic rings. The Hall–Kier alpha value is -1.33. The normalized spacial score (nSPS) is 18.7. The fourth-order valence-electron chi connectivity index (χ4n) is 2.69. The van der Waals surface area contributed by atoms with Gasteiger partial charge in [0.2, 0.25) is 0 Å². The fraction of sp³-hybridized carbons (Fsp3) is 0.529. The number of Topliss-reactive ketones (excluding diaryl/α,β-unsaturated/α-hetero) is 1. The summed E-state index contributed by atoms with van der Waals surface area (Å²) in [4.78, 5) is 22.9. The van der Waals surface area contributed by atoms with Gasteiger partial charge in [0.15, 0.2) is 10.9 Å². The summed E-state index contributed by atoms with van der Waals surface area (Å²) in [6.07, 6.45) is 4.15. The Kier molecular flexibility index (Phi) is 6.46. The molecule has 2 rings (SSSR count). The third-order valence-electron chi connectivity index (χ3n) is 3.86. The Morgan fingerprint density at radius 3 is 2.86 bits per heavy atom.